The largest absolute Gasteiger partial charge is 0.399 e. The number of hydrogen-bond donors (Lipinski definition) is 1. The number of rotatable bonds is 2. The molecule has 3 nitrogen and oxygen atoms in total. The molecule has 0 radical (unpaired) electrons. The third-order valence-corrected chi connectivity index (χ3v) is 4.07. The second-order valence-electron chi connectivity index (χ2n) is 5.56. The Bertz CT molecular complexity index is 436. The maximum Gasteiger partial charge on any atom is 0.225 e. The molecule has 1 aliphatic heterocycles. The van der Waals surface area contributed by atoms with E-state index in [1.54, 1.807) is 0 Å². The van der Waals surface area contributed by atoms with Crippen LogP contribution in [0, 0.1) is 5.92 Å². The SMILES string of the molecule is Nc1ccc(C2CCCN(C(=O)C3CC3)C2)cc1. The van der Waals surface area contributed by atoms with Crippen molar-refractivity contribution in [2.24, 2.45) is 5.92 Å². The van der Waals surface area contributed by atoms with Gasteiger partial charge in [0.05, 0.1) is 0 Å². The lowest BCUT2D eigenvalue weighted by atomic mass is 9.90. The number of hydrogen-bond acceptors (Lipinski definition) is 2. The molecule has 1 aromatic rings. The minimum absolute atomic E-state index is 0.343. The van der Waals surface area contributed by atoms with Gasteiger partial charge in [-0.15, -0.1) is 0 Å². The molecule has 1 amide bonds. The molecule has 1 atom stereocenters. The third kappa shape index (κ3) is 2.35. The van der Waals surface area contributed by atoms with E-state index in [9.17, 15) is 4.79 Å². The average molecular weight is 244 g/mol. The van der Waals surface area contributed by atoms with Gasteiger partial charge in [0.25, 0.3) is 0 Å². The van der Waals surface area contributed by atoms with Gasteiger partial charge in [0.1, 0.15) is 0 Å². The smallest absolute Gasteiger partial charge is 0.225 e. The number of nitrogen functional groups attached to an aromatic ring is 1. The maximum atomic E-state index is 12.1. The standard InChI is InChI=1S/C15H20N2O/c16-14-7-5-11(6-8-14)13-2-1-9-17(10-13)15(18)12-3-4-12/h5-8,12-13H,1-4,9-10,16H2. The summed E-state index contributed by atoms with van der Waals surface area (Å²) < 4.78 is 0. The van der Waals surface area contributed by atoms with E-state index in [4.69, 9.17) is 5.73 Å². The predicted molar refractivity (Wildman–Crippen MR) is 72.1 cm³/mol. The molecule has 1 aliphatic carbocycles. The zero-order valence-corrected chi connectivity index (χ0v) is 10.6. The second-order valence-corrected chi connectivity index (χ2v) is 5.56. The highest BCUT2D eigenvalue weighted by Gasteiger charge is 2.35. The Balaban J connectivity index is 1.69. The first-order chi connectivity index (χ1) is 8.74. The van der Waals surface area contributed by atoms with Crippen LogP contribution >= 0.6 is 0 Å². The van der Waals surface area contributed by atoms with Crippen LogP contribution in [0.5, 0.6) is 0 Å². The molecule has 3 rings (SSSR count). The Hall–Kier alpha value is -1.51. The third-order valence-electron chi connectivity index (χ3n) is 4.07. The lowest BCUT2D eigenvalue weighted by Gasteiger charge is -2.33. The van der Waals surface area contributed by atoms with E-state index in [2.05, 4.69) is 17.0 Å². The molecule has 2 aliphatic rings. The van der Waals surface area contributed by atoms with Crippen molar-refractivity contribution in [1.29, 1.82) is 0 Å². The van der Waals surface area contributed by atoms with E-state index >= 15 is 0 Å². The Morgan fingerprint density at radius 2 is 1.89 bits per heavy atom. The van der Waals surface area contributed by atoms with E-state index in [1.165, 1.54) is 12.0 Å². The molecule has 18 heavy (non-hydrogen) atoms. The summed E-state index contributed by atoms with van der Waals surface area (Å²) in [6.45, 7) is 1.83. The number of amides is 1. The predicted octanol–water partition coefficient (Wildman–Crippen LogP) is 2.38. The van der Waals surface area contributed by atoms with Crippen molar-refractivity contribution in [2.75, 3.05) is 18.8 Å². The van der Waals surface area contributed by atoms with Crippen LogP contribution in [0.2, 0.25) is 0 Å². The van der Waals surface area contributed by atoms with Crippen LogP contribution in [0.25, 0.3) is 0 Å². The van der Waals surface area contributed by atoms with Crippen molar-refractivity contribution < 1.29 is 4.79 Å². The minimum atomic E-state index is 0.343. The van der Waals surface area contributed by atoms with Gasteiger partial charge in [0.2, 0.25) is 5.91 Å². The highest BCUT2D eigenvalue weighted by Crippen LogP contribution is 2.34. The topological polar surface area (TPSA) is 46.3 Å². The number of likely N-dealkylation sites (tertiary alicyclic amines) is 1. The molecule has 1 heterocycles. The van der Waals surface area contributed by atoms with Crippen LogP contribution in [0.3, 0.4) is 0 Å². The second kappa shape index (κ2) is 4.63. The van der Waals surface area contributed by atoms with Gasteiger partial charge in [-0.2, -0.15) is 0 Å². The molecule has 1 unspecified atom stereocenters. The fourth-order valence-electron chi connectivity index (χ4n) is 2.81. The fraction of sp³-hybridized carbons (Fsp3) is 0.533. The van der Waals surface area contributed by atoms with Gasteiger partial charge in [0, 0.05) is 30.6 Å². The summed E-state index contributed by atoms with van der Waals surface area (Å²) in [6.07, 6.45) is 4.50. The van der Waals surface area contributed by atoms with E-state index in [-0.39, 0.29) is 0 Å². The molecule has 2 fully saturated rings. The highest BCUT2D eigenvalue weighted by molar-refractivity contribution is 5.81. The van der Waals surface area contributed by atoms with Crippen LogP contribution in [0.1, 0.15) is 37.2 Å². The first-order valence-electron chi connectivity index (χ1n) is 6.88. The highest BCUT2D eigenvalue weighted by atomic mass is 16.2. The Morgan fingerprint density at radius 3 is 2.56 bits per heavy atom. The number of anilines is 1. The van der Waals surface area contributed by atoms with E-state index in [0.29, 0.717) is 17.7 Å². The molecule has 0 bridgehead atoms. The van der Waals surface area contributed by atoms with Gasteiger partial charge in [-0.3, -0.25) is 4.79 Å². The van der Waals surface area contributed by atoms with Gasteiger partial charge in [0.15, 0.2) is 0 Å². The van der Waals surface area contributed by atoms with Crippen molar-refractivity contribution >= 4 is 11.6 Å². The Kier molecular flexibility index (Phi) is 2.98. The molecule has 0 spiro atoms. The van der Waals surface area contributed by atoms with Crippen LogP contribution in [0.4, 0.5) is 5.69 Å². The lowest BCUT2D eigenvalue weighted by molar-refractivity contribution is -0.133. The Labute approximate surface area is 108 Å². The summed E-state index contributed by atoms with van der Waals surface area (Å²) in [5, 5.41) is 0. The van der Waals surface area contributed by atoms with E-state index in [1.807, 2.05) is 12.1 Å². The Morgan fingerprint density at radius 1 is 1.17 bits per heavy atom. The molecule has 0 aromatic heterocycles. The minimum Gasteiger partial charge on any atom is -0.399 e. The van der Waals surface area contributed by atoms with Crippen molar-refractivity contribution in [1.82, 2.24) is 4.90 Å². The van der Waals surface area contributed by atoms with Gasteiger partial charge in [-0.25, -0.2) is 0 Å². The molecular weight excluding hydrogens is 224 g/mol. The number of benzene rings is 1. The average Bonchev–Trinajstić information content (AvgIpc) is 3.23. The van der Waals surface area contributed by atoms with Crippen molar-refractivity contribution in [3.05, 3.63) is 29.8 Å². The zero-order chi connectivity index (χ0) is 12.5. The van der Waals surface area contributed by atoms with Crippen molar-refractivity contribution in [2.45, 2.75) is 31.6 Å². The summed E-state index contributed by atoms with van der Waals surface area (Å²) in [4.78, 5) is 14.2. The van der Waals surface area contributed by atoms with Gasteiger partial charge < -0.3 is 10.6 Å². The quantitative estimate of drug-likeness (QED) is 0.812. The van der Waals surface area contributed by atoms with Crippen LogP contribution in [0.15, 0.2) is 24.3 Å². The van der Waals surface area contributed by atoms with Gasteiger partial charge >= 0.3 is 0 Å². The maximum absolute atomic E-state index is 12.1. The number of nitrogens with two attached hydrogens (primary N) is 1. The van der Waals surface area contributed by atoms with Crippen molar-refractivity contribution in [3.8, 4) is 0 Å². The van der Waals surface area contributed by atoms with E-state index in [0.717, 1.165) is 38.0 Å². The molecule has 1 saturated carbocycles. The van der Waals surface area contributed by atoms with Gasteiger partial charge in [-0.05, 0) is 43.4 Å². The molecule has 1 aromatic carbocycles. The summed E-state index contributed by atoms with van der Waals surface area (Å²) in [5.74, 6) is 1.22. The summed E-state index contributed by atoms with van der Waals surface area (Å²) in [5.41, 5.74) is 7.84. The number of carbonyl (C=O) groups excluding carboxylic acids is 1. The van der Waals surface area contributed by atoms with Crippen LogP contribution in [-0.2, 0) is 4.79 Å². The molecule has 1 saturated heterocycles. The molecule has 2 N–H and O–H groups in total. The van der Waals surface area contributed by atoms with Crippen LogP contribution in [-0.4, -0.2) is 23.9 Å². The fourth-order valence-corrected chi connectivity index (χ4v) is 2.81. The normalized spacial score (nSPS) is 24.0. The molecule has 96 valence electrons. The zero-order valence-electron chi connectivity index (χ0n) is 10.6. The molecule has 3 heteroatoms. The first-order valence-corrected chi connectivity index (χ1v) is 6.88. The summed E-state index contributed by atoms with van der Waals surface area (Å²) in [6, 6.07) is 8.12. The number of piperidine rings is 1. The first kappa shape index (κ1) is 11.6. The lowest BCUT2D eigenvalue weighted by Crippen LogP contribution is -2.39. The summed E-state index contributed by atoms with van der Waals surface area (Å²) >= 11 is 0. The number of carbonyl (C=O) groups is 1. The van der Waals surface area contributed by atoms with E-state index < -0.39 is 0 Å². The summed E-state index contributed by atoms with van der Waals surface area (Å²) in [7, 11) is 0. The van der Waals surface area contributed by atoms with Gasteiger partial charge in [-0.1, -0.05) is 12.1 Å². The number of nitrogens with zero attached hydrogens (tertiary/aromatic N) is 1. The molecular formula is C15H20N2O. The monoisotopic (exact) mass is 244 g/mol. The van der Waals surface area contributed by atoms with Crippen LogP contribution < -0.4 is 5.73 Å². The van der Waals surface area contributed by atoms with Crippen molar-refractivity contribution in [3.63, 3.8) is 0 Å².